The van der Waals surface area contributed by atoms with Crippen molar-refractivity contribution in [3.63, 3.8) is 0 Å². The quantitative estimate of drug-likeness (QED) is 0.803. The van der Waals surface area contributed by atoms with Crippen LogP contribution in [0.25, 0.3) is 11.3 Å². The molecule has 1 aromatic heterocycles. The van der Waals surface area contributed by atoms with Gasteiger partial charge in [0.05, 0.1) is 6.61 Å². The van der Waals surface area contributed by atoms with E-state index in [1.807, 2.05) is 31.2 Å². The molecule has 16 heavy (non-hydrogen) atoms. The maximum Gasteiger partial charge on any atom is 0.253 e. The first kappa shape index (κ1) is 10.6. The minimum atomic E-state index is -0.236. The van der Waals surface area contributed by atoms with Crippen LogP contribution in [0.3, 0.4) is 0 Å². The van der Waals surface area contributed by atoms with E-state index in [-0.39, 0.29) is 12.2 Å². The average molecular weight is 215 g/mol. The Kier molecular flexibility index (Phi) is 2.88. The molecule has 1 aromatic carbocycles. The highest BCUT2D eigenvalue weighted by Crippen LogP contribution is 2.16. The van der Waals surface area contributed by atoms with E-state index in [0.29, 0.717) is 5.56 Å². The molecule has 2 rings (SSSR count). The highest BCUT2D eigenvalue weighted by Gasteiger charge is 2.01. The third-order valence-corrected chi connectivity index (χ3v) is 2.52. The van der Waals surface area contributed by atoms with Crippen LogP contribution < -0.4 is 5.56 Å². The van der Waals surface area contributed by atoms with Crippen LogP contribution in [0.4, 0.5) is 0 Å². The summed E-state index contributed by atoms with van der Waals surface area (Å²) in [6.45, 7) is 1.78. The second kappa shape index (κ2) is 4.33. The molecule has 3 heteroatoms. The molecular formula is C13H13NO2. The van der Waals surface area contributed by atoms with Crippen molar-refractivity contribution in [1.82, 2.24) is 4.98 Å². The van der Waals surface area contributed by atoms with Crippen LogP contribution in [0.2, 0.25) is 0 Å². The molecular weight excluding hydrogens is 202 g/mol. The first-order valence-electron chi connectivity index (χ1n) is 5.11. The number of aromatic nitrogens is 1. The van der Waals surface area contributed by atoms with E-state index in [0.717, 1.165) is 11.3 Å². The number of aryl methyl sites for hydroxylation is 1. The van der Waals surface area contributed by atoms with E-state index >= 15 is 0 Å². The highest BCUT2D eigenvalue weighted by atomic mass is 16.3. The summed E-state index contributed by atoms with van der Waals surface area (Å²) in [6, 6.07) is 11.4. The first-order chi connectivity index (χ1) is 7.70. The Morgan fingerprint density at radius 3 is 2.38 bits per heavy atom. The van der Waals surface area contributed by atoms with Gasteiger partial charge in [0.25, 0.3) is 5.56 Å². The molecule has 0 radical (unpaired) electrons. The summed E-state index contributed by atoms with van der Waals surface area (Å²) in [5, 5.41) is 8.90. The first-order valence-corrected chi connectivity index (χ1v) is 5.11. The molecule has 0 aliphatic heterocycles. The number of aliphatic hydroxyl groups is 1. The van der Waals surface area contributed by atoms with E-state index in [1.165, 1.54) is 5.56 Å². The Bertz CT molecular complexity index is 541. The monoisotopic (exact) mass is 215 g/mol. The zero-order chi connectivity index (χ0) is 11.5. The predicted molar refractivity (Wildman–Crippen MR) is 63.2 cm³/mol. The molecule has 1 heterocycles. The highest BCUT2D eigenvalue weighted by molar-refractivity contribution is 5.59. The van der Waals surface area contributed by atoms with Gasteiger partial charge in [0.2, 0.25) is 0 Å². The number of pyridine rings is 1. The molecule has 0 aliphatic rings. The van der Waals surface area contributed by atoms with Gasteiger partial charge in [-0.05, 0) is 24.6 Å². The molecule has 0 aliphatic carbocycles. The standard InChI is InChI=1S/C13H13NO2/c1-9-2-4-10(5-3-9)12-7-6-11(8-15)13(16)14-12/h2-7,15H,8H2,1H3,(H,14,16). The van der Waals surface area contributed by atoms with Crippen molar-refractivity contribution in [2.24, 2.45) is 0 Å². The third kappa shape index (κ3) is 2.04. The van der Waals surface area contributed by atoms with Crippen molar-refractivity contribution in [2.45, 2.75) is 13.5 Å². The number of rotatable bonds is 2. The summed E-state index contributed by atoms with van der Waals surface area (Å²) in [7, 11) is 0. The van der Waals surface area contributed by atoms with E-state index in [9.17, 15) is 4.79 Å². The number of benzene rings is 1. The molecule has 0 fully saturated rings. The van der Waals surface area contributed by atoms with Crippen LogP contribution in [-0.2, 0) is 6.61 Å². The molecule has 0 bridgehead atoms. The Morgan fingerprint density at radius 1 is 1.12 bits per heavy atom. The van der Waals surface area contributed by atoms with E-state index in [4.69, 9.17) is 5.11 Å². The number of aliphatic hydroxyl groups excluding tert-OH is 1. The lowest BCUT2D eigenvalue weighted by molar-refractivity contribution is 0.280. The fourth-order valence-electron chi connectivity index (χ4n) is 1.53. The van der Waals surface area contributed by atoms with Crippen LogP contribution in [0.1, 0.15) is 11.1 Å². The lowest BCUT2D eigenvalue weighted by atomic mass is 10.1. The van der Waals surface area contributed by atoms with E-state index < -0.39 is 0 Å². The minimum absolute atomic E-state index is 0.233. The summed E-state index contributed by atoms with van der Waals surface area (Å²) >= 11 is 0. The number of aromatic amines is 1. The van der Waals surface area contributed by atoms with Crippen molar-refractivity contribution in [2.75, 3.05) is 0 Å². The molecule has 0 saturated heterocycles. The molecule has 3 nitrogen and oxygen atoms in total. The summed E-state index contributed by atoms with van der Waals surface area (Å²) in [6.07, 6.45) is 0. The van der Waals surface area contributed by atoms with Crippen molar-refractivity contribution in [1.29, 1.82) is 0 Å². The SMILES string of the molecule is Cc1ccc(-c2ccc(CO)c(=O)[nH]2)cc1. The van der Waals surface area contributed by atoms with Crippen molar-refractivity contribution in [3.05, 3.63) is 57.9 Å². The van der Waals surface area contributed by atoms with Gasteiger partial charge in [-0.2, -0.15) is 0 Å². The van der Waals surface area contributed by atoms with Gasteiger partial charge in [0.1, 0.15) is 0 Å². The number of H-pyrrole nitrogens is 1. The second-order valence-corrected chi connectivity index (χ2v) is 3.75. The second-order valence-electron chi connectivity index (χ2n) is 3.75. The molecule has 0 saturated carbocycles. The summed E-state index contributed by atoms with van der Waals surface area (Å²) < 4.78 is 0. The maximum absolute atomic E-state index is 11.5. The van der Waals surface area contributed by atoms with E-state index in [2.05, 4.69) is 4.98 Å². The molecule has 2 N–H and O–H groups in total. The summed E-state index contributed by atoms with van der Waals surface area (Å²) in [4.78, 5) is 14.2. The Balaban J connectivity index is 2.45. The van der Waals surface area contributed by atoms with Gasteiger partial charge in [0, 0.05) is 11.3 Å². The number of hydrogen-bond acceptors (Lipinski definition) is 2. The fraction of sp³-hybridized carbons (Fsp3) is 0.154. The Morgan fingerprint density at radius 2 is 1.81 bits per heavy atom. The van der Waals surface area contributed by atoms with Gasteiger partial charge < -0.3 is 10.1 Å². The van der Waals surface area contributed by atoms with Gasteiger partial charge in [-0.15, -0.1) is 0 Å². The Hall–Kier alpha value is -1.87. The van der Waals surface area contributed by atoms with Crippen molar-refractivity contribution in [3.8, 4) is 11.3 Å². The molecule has 0 unspecified atom stereocenters. The molecule has 0 atom stereocenters. The number of hydrogen-bond donors (Lipinski definition) is 2. The normalized spacial score (nSPS) is 10.4. The van der Waals surface area contributed by atoms with Gasteiger partial charge in [-0.25, -0.2) is 0 Å². The molecule has 82 valence electrons. The Labute approximate surface area is 93.4 Å². The largest absolute Gasteiger partial charge is 0.391 e. The van der Waals surface area contributed by atoms with Crippen LogP contribution in [-0.4, -0.2) is 10.1 Å². The molecule has 0 amide bonds. The van der Waals surface area contributed by atoms with Crippen molar-refractivity contribution < 1.29 is 5.11 Å². The molecule has 2 aromatic rings. The summed E-state index contributed by atoms with van der Waals surface area (Å²) in [5.41, 5.74) is 3.06. The molecule has 0 spiro atoms. The van der Waals surface area contributed by atoms with Crippen LogP contribution >= 0.6 is 0 Å². The van der Waals surface area contributed by atoms with Crippen LogP contribution in [0.5, 0.6) is 0 Å². The third-order valence-electron chi connectivity index (χ3n) is 2.52. The smallest absolute Gasteiger partial charge is 0.253 e. The zero-order valence-electron chi connectivity index (χ0n) is 9.03. The van der Waals surface area contributed by atoms with Crippen LogP contribution in [0.15, 0.2) is 41.2 Å². The number of nitrogens with one attached hydrogen (secondary N) is 1. The van der Waals surface area contributed by atoms with E-state index in [1.54, 1.807) is 12.1 Å². The average Bonchev–Trinajstić information content (AvgIpc) is 2.30. The van der Waals surface area contributed by atoms with Gasteiger partial charge in [-0.3, -0.25) is 4.79 Å². The zero-order valence-corrected chi connectivity index (χ0v) is 9.03. The van der Waals surface area contributed by atoms with Gasteiger partial charge >= 0.3 is 0 Å². The lowest BCUT2D eigenvalue weighted by Gasteiger charge is -2.03. The van der Waals surface area contributed by atoms with Crippen LogP contribution in [0, 0.1) is 6.92 Å². The van der Waals surface area contributed by atoms with Gasteiger partial charge in [0.15, 0.2) is 0 Å². The van der Waals surface area contributed by atoms with Crippen molar-refractivity contribution >= 4 is 0 Å². The lowest BCUT2D eigenvalue weighted by Crippen LogP contribution is -2.12. The van der Waals surface area contributed by atoms with Gasteiger partial charge in [-0.1, -0.05) is 29.8 Å². The topological polar surface area (TPSA) is 53.1 Å². The minimum Gasteiger partial charge on any atom is -0.391 e. The maximum atomic E-state index is 11.5. The fourth-order valence-corrected chi connectivity index (χ4v) is 1.53. The summed E-state index contributed by atoms with van der Waals surface area (Å²) in [5.74, 6) is 0. The predicted octanol–water partition coefficient (Wildman–Crippen LogP) is 1.84.